The van der Waals surface area contributed by atoms with Crippen molar-refractivity contribution in [2.24, 2.45) is 17.8 Å². The standard InChI is InChI=1S/C10H19NO/c1-11(2)6-9-7-3-4-8(5-7)10(9)12/h7-10,12H,3-6H2,1-2H3/t7-,8-,9+,10-/m0/s1. The molecule has 12 heavy (non-hydrogen) atoms. The van der Waals surface area contributed by atoms with Gasteiger partial charge in [-0.15, -0.1) is 0 Å². The largest absolute Gasteiger partial charge is 0.392 e. The zero-order valence-electron chi connectivity index (χ0n) is 8.03. The van der Waals surface area contributed by atoms with Crippen molar-refractivity contribution in [3.8, 4) is 0 Å². The van der Waals surface area contributed by atoms with Gasteiger partial charge in [-0.3, -0.25) is 0 Å². The molecule has 1 N–H and O–H groups in total. The minimum atomic E-state index is 0.00569. The summed E-state index contributed by atoms with van der Waals surface area (Å²) in [5.41, 5.74) is 0. The summed E-state index contributed by atoms with van der Waals surface area (Å²) in [5.74, 6) is 2.03. The normalized spacial score (nSPS) is 46.0. The van der Waals surface area contributed by atoms with Crippen LogP contribution in [0.1, 0.15) is 19.3 Å². The maximum absolute atomic E-state index is 9.90. The van der Waals surface area contributed by atoms with Gasteiger partial charge in [0.05, 0.1) is 6.10 Å². The van der Waals surface area contributed by atoms with Crippen molar-refractivity contribution in [2.75, 3.05) is 20.6 Å². The molecule has 70 valence electrons. The van der Waals surface area contributed by atoms with E-state index >= 15 is 0 Å². The Morgan fingerprint density at radius 2 is 1.92 bits per heavy atom. The van der Waals surface area contributed by atoms with Gasteiger partial charge in [0.15, 0.2) is 0 Å². The van der Waals surface area contributed by atoms with Gasteiger partial charge in [-0.05, 0) is 45.2 Å². The molecule has 2 aliphatic rings. The Kier molecular flexibility index (Phi) is 2.13. The molecule has 0 amide bonds. The van der Waals surface area contributed by atoms with Crippen LogP contribution < -0.4 is 0 Å². The van der Waals surface area contributed by atoms with Gasteiger partial charge in [0, 0.05) is 12.5 Å². The molecule has 2 bridgehead atoms. The third-order valence-electron chi connectivity index (χ3n) is 3.62. The van der Waals surface area contributed by atoms with E-state index in [4.69, 9.17) is 0 Å². The SMILES string of the molecule is CN(C)C[C@@H]1[C@H]2CC[C@@H](C2)[C@@H]1O. The highest BCUT2D eigenvalue weighted by Crippen LogP contribution is 2.48. The molecule has 2 nitrogen and oxygen atoms in total. The molecule has 2 saturated carbocycles. The molecule has 0 unspecified atom stereocenters. The lowest BCUT2D eigenvalue weighted by molar-refractivity contribution is 0.0459. The molecule has 4 atom stereocenters. The Labute approximate surface area is 74.6 Å². The minimum Gasteiger partial charge on any atom is -0.392 e. The number of nitrogens with zero attached hydrogens (tertiary/aromatic N) is 1. The molecule has 0 heterocycles. The summed E-state index contributed by atoms with van der Waals surface area (Å²) in [6, 6.07) is 0. The summed E-state index contributed by atoms with van der Waals surface area (Å²) in [5, 5.41) is 9.90. The molecule has 0 aromatic heterocycles. The molecule has 2 fully saturated rings. The zero-order chi connectivity index (χ0) is 8.72. The predicted molar refractivity (Wildman–Crippen MR) is 48.9 cm³/mol. The van der Waals surface area contributed by atoms with Crippen LogP contribution in [-0.4, -0.2) is 36.8 Å². The smallest absolute Gasteiger partial charge is 0.0611 e. The van der Waals surface area contributed by atoms with Crippen LogP contribution in [0.4, 0.5) is 0 Å². The average molecular weight is 169 g/mol. The van der Waals surface area contributed by atoms with Gasteiger partial charge in [-0.25, -0.2) is 0 Å². The Morgan fingerprint density at radius 3 is 2.42 bits per heavy atom. The molecule has 0 radical (unpaired) electrons. The summed E-state index contributed by atoms with van der Waals surface area (Å²) in [6.07, 6.45) is 3.93. The van der Waals surface area contributed by atoms with E-state index < -0.39 is 0 Å². The molecular formula is C10H19NO. The first-order valence-electron chi connectivity index (χ1n) is 5.01. The summed E-state index contributed by atoms with van der Waals surface area (Å²) in [6.45, 7) is 1.07. The summed E-state index contributed by atoms with van der Waals surface area (Å²) in [7, 11) is 4.19. The van der Waals surface area contributed by atoms with E-state index in [0.29, 0.717) is 11.8 Å². The van der Waals surface area contributed by atoms with Crippen LogP contribution in [0, 0.1) is 17.8 Å². The molecule has 2 aliphatic carbocycles. The highest BCUT2D eigenvalue weighted by molar-refractivity contribution is 4.97. The summed E-state index contributed by atoms with van der Waals surface area (Å²) in [4.78, 5) is 2.20. The number of aliphatic hydroxyl groups is 1. The Morgan fingerprint density at radius 1 is 1.25 bits per heavy atom. The fraction of sp³-hybridized carbons (Fsp3) is 1.00. The predicted octanol–water partition coefficient (Wildman–Crippen LogP) is 0.955. The van der Waals surface area contributed by atoms with Crippen molar-refractivity contribution in [3.05, 3.63) is 0 Å². The first-order chi connectivity index (χ1) is 5.68. The fourth-order valence-corrected chi connectivity index (χ4v) is 3.06. The molecule has 2 rings (SSSR count). The zero-order valence-corrected chi connectivity index (χ0v) is 8.03. The van der Waals surface area contributed by atoms with E-state index in [0.717, 1.165) is 12.5 Å². The monoisotopic (exact) mass is 169 g/mol. The van der Waals surface area contributed by atoms with E-state index in [9.17, 15) is 5.11 Å². The number of hydrogen-bond acceptors (Lipinski definition) is 2. The highest BCUT2D eigenvalue weighted by atomic mass is 16.3. The lowest BCUT2D eigenvalue weighted by atomic mass is 9.86. The second-order valence-corrected chi connectivity index (χ2v) is 4.75. The van der Waals surface area contributed by atoms with Crippen LogP contribution in [0.15, 0.2) is 0 Å². The molecule has 0 aliphatic heterocycles. The second-order valence-electron chi connectivity index (χ2n) is 4.75. The fourth-order valence-electron chi connectivity index (χ4n) is 3.06. The van der Waals surface area contributed by atoms with Gasteiger partial charge in [-0.2, -0.15) is 0 Å². The Hall–Kier alpha value is -0.0800. The maximum Gasteiger partial charge on any atom is 0.0611 e. The molecule has 0 spiro atoms. The van der Waals surface area contributed by atoms with Gasteiger partial charge in [-0.1, -0.05) is 0 Å². The lowest BCUT2D eigenvalue weighted by Gasteiger charge is -2.29. The van der Waals surface area contributed by atoms with Crippen LogP contribution in [0.2, 0.25) is 0 Å². The van der Waals surface area contributed by atoms with E-state index in [-0.39, 0.29) is 6.10 Å². The molecule has 0 saturated heterocycles. The summed E-state index contributed by atoms with van der Waals surface area (Å²) >= 11 is 0. The Bertz CT molecular complexity index is 167. The van der Waals surface area contributed by atoms with Gasteiger partial charge in [0.2, 0.25) is 0 Å². The highest BCUT2D eigenvalue weighted by Gasteiger charge is 2.46. The number of aliphatic hydroxyl groups excluding tert-OH is 1. The van der Waals surface area contributed by atoms with Crippen LogP contribution in [0.25, 0.3) is 0 Å². The maximum atomic E-state index is 9.90. The van der Waals surface area contributed by atoms with E-state index in [1.165, 1.54) is 19.3 Å². The van der Waals surface area contributed by atoms with Crippen LogP contribution in [0.5, 0.6) is 0 Å². The van der Waals surface area contributed by atoms with Crippen molar-refractivity contribution in [1.29, 1.82) is 0 Å². The van der Waals surface area contributed by atoms with Gasteiger partial charge < -0.3 is 10.0 Å². The third kappa shape index (κ3) is 1.27. The van der Waals surface area contributed by atoms with Crippen LogP contribution in [0.3, 0.4) is 0 Å². The first kappa shape index (κ1) is 8.52. The Balaban J connectivity index is 1.98. The number of hydrogen-bond donors (Lipinski definition) is 1. The van der Waals surface area contributed by atoms with Crippen molar-refractivity contribution in [3.63, 3.8) is 0 Å². The van der Waals surface area contributed by atoms with Gasteiger partial charge in [0.25, 0.3) is 0 Å². The lowest BCUT2D eigenvalue weighted by Crippen LogP contribution is -2.35. The van der Waals surface area contributed by atoms with E-state index in [2.05, 4.69) is 19.0 Å². The van der Waals surface area contributed by atoms with Crippen LogP contribution >= 0.6 is 0 Å². The van der Waals surface area contributed by atoms with Crippen molar-refractivity contribution < 1.29 is 5.11 Å². The first-order valence-corrected chi connectivity index (χ1v) is 5.01. The second kappa shape index (κ2) is 3.00. The van der Waals surface area contributed by atoms with E-state index in [1.54, 1.807) is 0 Å². The topological polar surface area (TPSA) is 23.5 Å². The summed E-state index contributed by atoms with van der Waals surface area (Å²) < 4.78 is 0. The van der Waals surface area contributed by atoms with Gasteiger partial charge in [0.1, 0.15) is 0 Å². The third-order valence-corrected chi connectivity index (χ3v) is 3.62. The van der Waals surface area contributed by atoms with E-state index in [1.807, 2.05) is 0 Å². The number of fused-ring (bicyclic) bond motifs is 2. The van der Waals surface area contributed by atoms with Crippen LogP contribution in [-0.2, 0) is 0 Å². The molecule has 2 heteroatoms. The van der Waals surface area contributed by atoms with Crippen molar-refractivity contribution in [1.82, 2.24) is 4.90 Å². The molecule has 0 aromatic rings. The number of rotatable bonds is 2. The minimum absolute atomic E-state index is 0.00569. The van der Waals surface area contributed by atoms with Crippen molar-refractivity contribution in [2.45, 2.75) is 25.4 Å². The van der Waals surface area contributed by atoms with Crippen molar-refractivity contribution >= 4 is 0 Å². The quantitative estimate of drug-likeness (QED) is 0.665. The molecule has 0 aromatic carbocycles. The average Bonchev–Trinajstić information content (AvgIpc) is 2.53. The molecular weight excluding hydrogens is 150 g/mol. The van der Waals surface area contributed by atoms with Gasteiger partial charge >= 0.3 is 0 Å².